The van der Waals surface area contributed by atoms with E-state index in [1.807, 2.05) is 31.2 Å². The molecule has 18 heavy (non-hydrogen) atoms. The summed E-state index contributed by atoms with van der Waals surface area (Å²) in [6.07, 6.45) is 0.733. The van der Waals surface area contributed by atoms with Crippen LogP contribution in [-0.4, -0.2) is 26.5 Å². The zero-order chi connectivity index (χ0) is 13.2. The van der Waals surface area contributed by atoms with Gasteiger partial charge >= 0.3 is 0 Å². The van der Waals surface area contributed by atoms with Crippen LogP contribution in [0.5, 0.6) is 5.75 Å². The van der Waals surface area contributed by atoms with E-state index in [0.29, 0.717) is 12.4 Å². The van der Waals surface area contributed by atoms with Crippen molar-refractivity contribution in [1.29, 1.82) is 0 Å². The van der Waals surface area contributed by atoms with Crippen LogP contribution in [0.3, 0.4) is 0 Å². The number of benzene rings is 1. The summed E-state index contributed by atoms with van der Waals surface area (Å²) in [6, 6.07) is 7.84. The Morgan fingerprint density at radius 2 is 2.28 bits per heavy atom. The number of hydrogen-bond acceptors (Lipinski definition) is 3. The van der Waals surface area contributed by atoms with Gasteiger partial charge in [0.2, 0.25) is 0 Å². The number of hydrogen-bond donors (Lipinski definition) is 0. The van der Waals surface area contributed by atoms with Gasteiger partial charge in [-0.1, -0.05) is 28.1 Å². The van der Waals surface area contributed by atoms with Crippen molar-refractivity contribution in [2.24, 2.45) is 5.92 Å². The van der Waals surface area contributed by atoms with E-state index in [9.17, 15) is 8.42 Å². The second-order valence-corrected chi connectivity index (χ2v) is 7.79. The minimum Gasteiger partial charge on any atom is -0.494 e. The van der Waals surface area contributed by atoms with Crippen LogP contribution >= 0.6 is 15.9 Å². The number of rotatable bonds is 4. The molecule has 3 nitrogen and oxygen atoms in total. The van der Waals surface area contributed by atoms with Crippen LogP contribution in [0.4, 0.5) is 0 Å². The third kappa shape index (κ3) is 3.26. The fraction of sp³-hybridized carbons (Fsp3) is 0.538. The Hall–Kier alpha value is -0.550. The molecule has 1 fully saturated rings. The molecule has 1 aliphatic rings. The quantitative estimate of drug-likeness (QED) is 0.796. The Morgan fingerprint density at radius 3 is 2.89 bits per heavy atom. The highest BCUT2D eigenvalue weighted by Gasteiger charge is 2.33. The zero-order valence-electron chi connectivity index (χ0n) is 10.3. The molecule has 2 unspecified atom stereocenters. The molecule has 1 saturated heterocycles. The van der Waals surface area contributed by atoms with Crippen LogP contribution < -0.4 is 4.74 Å². The molecule has 0 aromatic heterocycles. The summed E-state index contributed by atoms with van der Waals surface area (Å²) in [5.74, 6) is 1.58. The summed E-state index contributed by atoms with van der Waals surface area (Å²) in [5, 5.41) is 0. The van der Waals surface area contributed by atoms with E-state index in [0.717, 1.165) is 17.7 Å². The van der Waals surface area contributed by atoms with Gasteiger partial charge < -0.3 is 4.74 Å². The third-order valence-electron chi connectivity index (χ3n) is 3.17. The van der Waals surface area contributed by atoms with E-state index in [-0.39, 0.29) is 16.5 Å². The average molecular weight is 333 g/mol. The maximum Gasteiger partial charge on any atom is 0.150 e. The molecule has 0 N–H and O–H groups in total. The molecule has 0 radical (unpaired) electrons. The highest BCUT2D eigenvalue weighted by Crippen LogP contribution is 2.38. The van der Waals surface area contributed by atoms with Crippen molar-refractivity contribution in [1.82, 2.24) is 0 Å². The summed E-state index contributed by atoms with van der Waals surface area (Å²) >= 11 is 3.63. The lowest BCUT2D eigenvalue weighted by molar-refractivity contribution is 0.339. The van der Waals surface area contributed by atoms with Crippen LogP contribution in [0.2, 0.25) is 0 Å². The summed E-state index contributed by atoms with van der Waals surface area (Å²) in [6.45, 7) is 2.58. The summed E-state index contributed by atoms with van der Waals surface area (Å²) < 4.78 is 28.5. The van der Waals surface area contributed by atoms with Crippen molar-refractivity contribution in [3.8, 4) is 5.75 Å². The van der Waals surface area contributed by atoms with Gasteiger partial charge in [0.05, 0.1) is 18.1 Å². The van der Waals surface area contributed by atoms with Crippen molar-refractivity contribution in [2.45, 2.75) is 18.2 Å². The van der Waals surface area contributed by atoms with Crippen molar-refractivity contribution in [3.63, 3.8) is 0 Å². The molecular weight excluding hydrogens is 316 g/mol. The van der Waals surface area contributed by atoms with Gasteiger partial charge in [-0.25, -0.2) is 8.42 Å². The lowest BCUT2D eigenvalue weighted by Gasteiger charge is -2.17. The predicted molar refractivity (Wildman–Crippen MR) is 76.0 cm³/mol. The third-order valence-corrected chi connectivity index (χ3v) is 6.24. The van der Waals surface area contributed by atoms with Crippen molar-refractivity contribution >= 4 is 25.8 Å². The minimum absolute atomic E-state index is 0.0789. The standard InChI is InChI=1S/C13H17BrO3S/c1-2-17-12-5-3-4-10(8-12)13(14)11-6-7-18(15,16)9-11/h3-5,8,11,13H,2,6-7,9H2,1H3. The van der Waals surface area contributed by atoms with E-state index < -0.39 is 9.84 Å². The minimum atomic E-state index is -2.83. The smallest absolute Gasteiger partial charge is 0.150 e. The topological polar surface area (TPSA) is 43.4 Å². The van der Waals surface area contributed by atoms with E-state index in [1.54, 1.807) is 0 Å². The highest BCUT2D eigenvalue weighted by atomic mass is 79.9. The van der Waals surface area contributed by atoms with Gasteiger partial charge in [-0.2, -0.15) is 0 Å². The van der Waals surface area contributed by atoms with Crippen LogP contribution in [0, 0.1) is 5.92 Å². The molecule has 1 heterocycles. The summed E-state index contributed by atoms with van der Waals surface area (Å²) in [5.41, 5.74) is 1.09. The second-order valence-electron chi connectivity index (χ2n) is 4.57. The molecule has 0 spiro atoms. The molecule has 2 rings (SSSR count). The van der Waals surface area contributed by atoms with E-state index in [4.69, 9.17) is 4.74 Å². The normalized spacial score (nSPS) is 23.8. The maximum atomic E-state index is 11.5. The van der Waals surface area contributed by atoms with Crippen molar-refractivity contribution < 1.29 is 13.2 Å². The van der Waals surface area contributed by atoms with Crippen molar-refractivity contribution in [2.75, 3.05) is 18.1 Å². The molecule has 5 heteroatoms. The number of halogens is 1. The molecule has 1 aromatic carbocycles. The molecule has 100 valence electrons. The van der Waals surface area contributed by atoms with Gasteiger partial charge in [-0.05, 0) is 37.0 Å². The largest absolute Gasteiger partial charge is 0.494 e. The highest BCUT2D eigenvalue weighted by molar-refractivity contribution is 9.09. The van der Waals surface area contributed by atoms with Gasteiger partial charge in [0, 0.05) is 4.83 Å². The molecule has 0 aliphatic carbocycles. The first-order valence-corrected chi connectivity index (χ1v) is 8.83. The lowest BCUT2D eigenvalue weighted by atomic mass is 9.98. The summed E-state index contributed by atoms with van der Waals surface area (Å²) in [4.78, 5) is 0.0789. The van der Waals surface area contributed by atoms with Crippen LogP contribution in [0.15, 0.2) is 24.3 Å². The Bertz CT molecular complexity index is 513. The fourth-order valence-electron chi connectivity index (χ4n) is 2.27. The maximum absolute atomic E-state index is 11.5. The van der Waals surface area contributed by atoms with Crippen molar-refractivity contribution in [3.05, 3.63) is 29.8 Å². The lowest BCUT2D eigenvalue weighted by Crippen LogP contribution is -2.10. The molecule has 0 saturated carbocycles. The first-order valence-electron chi connectivity index (χ1n) is 6.09. The van der Waals surface area contributed by atoms with E-state index in [1.165, 1.54) is 0 Å². The van der Waals surface area contributed by atoms with E-state index in [2.05, 4.69) is 15.9 Å². The Labute approximate surface area is 117 Å². The van der Waals surface area contributed by atoms with Gasteiger partial charge in [-0.3, -0.25) is 0 Å². The van der Waals surface area contributed by atoms with E-state index >= 15 is 0 Å². The molecule has 0 bridgehead atoms. The molecule has 1 aliphatic heterocycles. The Morgan fingerprint density at radius 1 is 1.50 bits per heavy atom. The monoisotopic (exact) mass is 332 g/mol. The Balaban J connectivity index is 2.13. The summed E-state index contributed by atoms with van der Waals surface area (Å²) in [7, 11) is -2.83. The predicted octanol–water partition coefficient (Wildman–Crippen LogP) is 2.96. The van der Waals surface area contributed by atoms with Crippen LogP contribution in [-0.2, 0) is 9.84 Å². The van der Waals surface area contributed by atoms with Gasteiger partial charge in [0.1, 0.15) is 5.75 Å². The van der Waals surface area contributed by atoms with Gasteiger partial charge in [0.25, 0.3) is 0 Å². The molecule has 0 amide bonds. The zero-order valence-corrected chi connectivity index (χ0v) is 12.7. The number of ether oxygens (including phenoxy) is 1. The number of sulfone groups is 1. The molecule has 2 atom stereocenters. The van der Waals surface area contributed by atoms with Gasteiger partial charge in [0.15, 0.2) is 9.84 Å². The average Bonchev–Trinajstić information content (AvgIpc) is 2.70. The first-order chi connectivity index (χ1) is 8.52. The first kappa shape index (κ1) is 13.9. The number of alkyl halides is 1. The second kappa shape index (κ2) is 5.61. The SMILES string of the molecule is CCOc1cccc(C(Br)C2CCS(=O)(=O)C2)c1. The van der Waals surface area contributed by atoms with Crippen LogP contribution in [0.1, 0.15) is 23.7 Å². The Kier molecular flexibility index (Phi) is 4.33. The fourth-order valence-corrected chi connectivity index (χ4v) is 5.09. The van der Waals surface area contributed by atoms with Crippen LogP contribution in [0.25, 0.3) is 0 Å². The van der Waals surface area contributed by atoms with Gasteiger partial charge in [-0.15, -0.1) is 0 Å². The molecule has 1 aromatic rings. The molecular formula is C13H17BrO3S.